The van der Waals surface area contributed by atoms with Crippen LogP contribution in [0.5, 0.6) is 0 Å². The van der Waals surface area contributed by atoms with Crippen LogP contribution in [-0.4, -0.2) is 11.6 Å². The lowest BCUT2D eigenvalue weighted by molar-refractivity contribution is 0.112. The number of thiazole rings is 1. The summed E-state index contributed by atoms with van der Waals surface area (Å²) >= 11 is 1.82. The number of aromatic nitrogens is 1. The molecule has 1 aromatic heterocycles. The summed E-state index contributed by atoms with van der Waals surface area (Å²) in [5.74, 6) is 0. The maximum atomic E-state index is 5.36. The smallest absolute Gasteiger partial charge is 0.0931 e. The Kier molecular flexibility index (Phi) is 2.42. The molecule has 2 nitrogen and oxygen atoms in total. The molecule has 2 rings (SSSR count). The molecule has 0 fully saturated rings. The third-order valence-corrected chi connectivity index (χ3v) is 3.13. The van der Waals surface area contributed by atoms with Crippen LogP contribution in [0.25, 0.3) is 0 Å². The van der Waals surface area contributed by atoms with Crippen LogP contribution in [0.1, 0.15) is 28.9 Å². The second-order valence-corrected chi connectivity index (χ2v) is 4.20. The highest BCUT2D eigenvalue weighted by atomic mass is 32.1. The lowest BCUT2D eigenvalue weighted by atomic mass is 10.2. The average Bonchev–Trinajstić information content (AvgIpc) is 2.47. The number of hydrogen-bond acceptors (Lipinski definition) is 3. The van der Waals surface area contributed by atoms with Crippen molar-refractivity contribution in [2.75, 3.05) is 6.61 Å². The first-order chi connectivity index (χ1) is 5.90. The first-order valence-electron chi connectivity index (χ1n) is 4.45. The van der Waals surface area contributed by atoms with Crippen molar-refractivity contribution in [3.63, 3.8) is 0 Å². The fourth-order valence-corrected chi connectivity index (χ4v) is 2.55. The van der Waals surface area contributed by atoms with Gasteiger partial charge in [0, 0.05) is 6.42 Å². The molecule has 0 unspecified atom stereocenters. The standard InChI is InChI=1S/C9H13NOS/c1-2-3-9-10-7-4-5-11-6-8(7)12-9/h2-6H2,1H3. The van der Waals surface area contributed by atoms with Gasteiger partial charge >= 0.3 is 0 Å². The van der Waals surface area contributed by atoms with Crippen molar-refractivity contribution in [3.05, 3.63) is 15.6 Å². The summed E-state index contributed by atoms with van der Waals surface area (Å²) < 4.78 is 5.36. The SMILES string of the molecule is CCCc1nc2c(s1)COCC2. The highest BCUT2D eigenvalue weighted by molar-refractivity contribution is 7.11. The number of hydrogen-bond donors (Lipinski definition) is 0. The van der Waals surface area contributed by atoms with Gasteiger partial charge in [-0.05, 0) is 12.8 Å². The van der Waals surface area contributed by atoms with Gasteiger partial charge in [-0.3, -0.25) is 0 Å². The monoisotopic (exact) mass is 183 g/mol. The zero-order valence-corrected chi connectivity index (χ0v) is 8.12. The van der Waals surface area contributed by atoms with Gasteiger partial charge in [0.15, 0.2) is 0 Å². The first-order valence-corrected chi connectivity index (χ1v) is 5.27. The molecule has 0 saturated heterocycles. The first kappa shape index (κ1) is 8.20. The lowest BCUT2D eigenvalue weighted by Crippen LogP contribution is -2.07. The molecule has 12 heavy (non-hydrogen) atoms. The molecule has 0 radical (unpaired) electrons. The number of nitrogens with zero attached hydrogens (tertiary/aromatic N) is 1. The van der Waals surface area contributed by atoms with Crippen LogP contribution in [0.3, 0.4) is 0 Å². The van der Waals surface area contributed by atoms with Crippen molar-refractivity contribution >= 4 is 11.3 Å². The summed E-state index contributed by atoms with van der Waals surface area (Å²) in [5.41, 5.74) is 1.29. The van der Waals surface area contributed by atoms with Crippen molar-refractivity contribution < 1.29 is 4.74 Å². The van der Waals surface area contributed by atoms with E-state index in [2.05, 4.69) is 11.9 Å². The van der Waals surface area contributed by atoms with Gasteiger partial charge in [0.25, 0.3) is 0 Å². The van der Waals surface area contributed by atoms with E-state index in [-0.39, 0.29) is 0 Å². The minimum Gasteiger partial charge on any atom is -0.375 e. The van der Waals surface area contributed by atoms with Crippen LogP contribution in [0, 0.1) is 0 Å². The van der Waals surface area contributed by atoms with Gasteiger partial charge in [-0.1, -0.05) is 6.92 Å². The summed E-state index contributed by atoms with van der Waals surface area (Å²) in [4.78, 5) is 5.93. The predicted molar refractivity (Wildman–Crippen MR) is 49.5 cm³/mol. The van der Waals surface area contributed by atoms with Crippen LogP contribution in [0.4, 0.5) is 0 Å². The van der Waals surface area contributed by atoms with Gasteiger partial charge in [0.05, 0.1) is 28.8 Å². The minimum atomic E-state index is 0.788. The average molecular weight is 183 g/mol. The molecule has 2 heterocycles. The zero-order chi connectivity index (χ0) is 8.39. The molecular formula is C9H13NOS. The van der Waals surface area contributed by atoms with Gasteiger partial charge in [-0.15, -0.1) is 11.3 Å². The van der Waals surface area contributed by atoms with E-state index in [1.165, 1.54) is 22.0 Å². The van der Waals surface area contributed by atoms with E-state index in [1.807, 2.05) is 11.3 Å². The van der Waals surface area contributed by atoms with E-state index in [1.54, 1.807) is 0 Å². The molecule has 0 aromatic carbocycles. The third kappa shape index (κ3) is 1.52. The normalized spacial score (nSPS) is 16.1. The van der Waals surface area contributed by atoms with Gasteiger partial charge in [-0.2, -0.15) is 0 Å². The number of rotatable bonds is 2. The molecule has 0 amide bonds. The number of ether oxygens (including phenoxy) is 1. The van der Waals surface area contributed by atoms with Crippen molar-refractivity contribution in [2.45, 2.75) is 32.8 Å². The van der Waals surface area contributed by atoms with Gasteiger partial charge in [-0.25, -0.2) is 4.98 Å². The summed E-state index contributed by atoms with van der Waals surface area (Å²) in [5, 5.41) is 1.29. The molecule has 66 valence electrons. The van der Waals surface area contributed by atoms with E-state index in [4.69, 9.17) is 4.74 Å². The van der Waals surface area contributed by atoms with Crippen LogP contribution in [0.2, 0.25) is 0 Å². The van der Waals surface area contributed by atoms with Gasteiger partial charge in [0.1, 0.15) is 0 Å². The molecule has 3 heteroatoms. The van der Waals surface area contributed by atoms with Crippen molar-refractivity contribution in [2.24, 2.45) is 0 Å². The molecule has 1 aromatic rings. The Morgan fingerprint density at radius 2 is 2.50 bits per heavy atom. The minimum absolute atomic E-state index is 0.788. The van der Waals surface area contributed by atoms with Crippen molar-refractivity contribution in [3.8, 4) is 0 Å². The van der Waals surface area contributed by atoms with E-state index in [0.717, 1.165) is 26.1 Å². The van der Waals surface area contributed by atoms with Crippen LogP contribution in [-0.2, 0) is 24.2 Å². The lowest BCUT2D eigenvalue weighted by Gasteiger charge is -2.08. The second-order valence-electron chi connectivity index (χ2n) is 3.03. The van der Waals surface area contributed by atoms with Crippen LogP contribution < -0.4 is 0 Å². The third-order valence-electron chi connectivity index (χ3n) is 2.00. The Morgan fingerprint density at radius 3 is 3.25 bits per heavy atom. The fraction of sp³-hybridized carbons (Fsp3) is 0.667. The molecule has 0 saturated carbocycles. The maximum absolute atomic E-state index is 5.36. The van der Waals surface area contributed by atoms with Gasteiger partial charge in [0.2, 0.25) is 0 Å². The Morgan fingerprint density at radius 1 is 1.58 bits per heavy atom. The van der Waals surface area contributed by atoms with Gasteiger partial charge < -0.3 is 4.74 Å². The van der Waals surface area contributed by atoms with Crippen molar-refractivity contribution in [1.29, 1.82) is 0 Å². The summed E-state index contributed by atoms with van der Waals surface area (Å²) in [6, 6.07) is 0. The van der Waals surface area contributed by atoms with Crippen molar-refractivity contribution in [1.82, 2.24) is 4.98 Å². The Bertz CT molecular complexity index is 246. The summed E-state index contributed by atoms with van der Waals surface area (Å²) in [6.45, 7) is 3.83. The number of fused-ring (bicyclic) bond motifs is 1. The number of aryl methyl sites for hydroxylation is 1. The largest absolute Gasteiger partial charge is 0.375 e. The maximum Gasteiger partial charge on any atom is 0.0931 e. The predicted octanol–water partition coefficient (Wildman–Crippen LogP) is 2.17. The molecule has 1 aliphatic heterocycles. The molecule has 0 aliphatic carbocycles. The second kappa shape index (κ2) is 3.54. The van der Waals surface area contributed by atoms with E-state index in [9.17, 15) is 0 Å². The molecule has 0 atom stereocenters. The Balaban J connectivity index is 2.20. The highest BCUT2D eigenvalue weighted by Crippen LogP contribution is 2.24. The molecule has 0 bridgehead atoms. The van der Waals surface area contributed by atoms with E-state index < -0.39 is 0 Å². The molecular weight excluding hydrogens is 170 g/mol. The topological polar surface area (TPSA) is 22.1 Å². The molecule has 0 N–H and O–H groups in total. The van der Waals surface area contributed by atoms with Crippen LogP contribution >= 0.6 is 11.3 Å². The van der Waals surface area contributed by atoms with E-state index in [0.29, 0.717) is 0 Å². The Labute approximate surface area is 76.6 Å². The quantitative estimate of drug-likeness (QED) is 0.701. The highest BCUT2D eigenvalue weighted by Gasteiger charge is 2.14. The van der Waals surface area contributed by atoms with E-state index >= 15 is 0 Å². The summed E-state index contributed by atoms with van der Waals surface area (Å²) in [6.07, 6.45) is 3.32. The molecule has 1 aliphatic rings. The summed E-state index contributed by atoms with van der Waals surface area (Å²) in [7, 11) is 0. The fourth-order valence-electron chi connectivity index (χ4n) is 1.40. The zero-order valence-electron chi connectivity index (χ0n) is 7.30. The molecule has 0 spiro atoms. The Hall–Kier alpha value is -0.410. The van der Waals surface area contributed by atoms with Crippen LogP contribution in [0.15, 0.2) is 0 Å².